The molecule has 6 fully saturated rings. The zero-order valence-electron chi connectivity index (χ0n) is 25.6. The minimum Gasteiger partial charge on any atom is -0.446 e. The van der Waals surface area contributed by atoms with E-state index < -0.39 is 18.3 Å². The van der Waals surface area contributed by atoms with Gasteiger partial charge in [-0.2, -0.15) is 0 Å². The summed E-state index contributed by atoms with van der Waals surface area (Å²) in [6, 6.07) is 0. The Labute approximate surface area is 239 Å². The molecule has 1 heterocycles. The van der Waals surface area contributed by atoms with Crippen LogP contribution in [0.25, 0.3) is 0 Å². The number of nitrogens with one attached hydrogen (secondary N) is 1. The van der Waals surface area contributed by atoms with Crippen LogP contribution in [0.5, 0.6) is 0 Å². The van der Waals surface area contributed by atoms with E-state index in [2.05, 4.69) is 46.9 Å². The number of alkyl carbamates (subject to hydrolysis) is 1. The minimum atomic E-state index is -0.662. The number of carbonyl (C=O) groups is 2. The normalized spacial score (nSPS) is 50.8. The van der Waals surface area contributed by atoms with Crippen LogP contribution in [-0.2, 0) is 14.2 Å². The van der Waals surface area contributed by atoms with Crippen molar-refractivity contribution in [3.63, 3.8) is 0 Å². The van der Waals surface area contributed by atoms with Gasteiger partial charge in [0, 0.05) is 17.9 Å². The largest absolute Gasteiger partial charge is 0.446 e. The van der Waals surface area contributed by atoms with Crippen molar-refractivity contribution in [2.24, 2.45) is 56.5 Å². The second-order valence-electron chi connectivity index (χ2n) is 15.8. The molecule has 1 aliphatic heterocycles. The lowest BCUT2D eigenvalue weighted by molar-refractivity contribution is -0.184. The van der Waals surface area contributed by atoms with Crippen LogP contribution in [-0.4, -0.2) is 54.9 Å². The van der Waals surface area contributed by atoms with Crippen LogP contribution in [0.15, 0.2) is 0 Å². The number of amides is 2. The van der Waals surface area contributed by atoms with Crippen molar-refractivity contribution in [3.8, 4) is 0 Å². The van der Waals surface area contributed by atoms with Crippen molar-refractivity contribution in [3.05, 3.63) is 0 Å². The molecule has 8 nitrogen and oxygen atoms in total. The van der Waals surface area contributed by atoms with E-state index in [1.807, 2.05) is 0 Å². The number of hydrogen-bond acceptors (Lipinski definition) is 6. The molecule has 2 amide bonds. The highest BCUT2D eigenvalue weighted by atomic mass is 16.6. The average molecular weight is 561 g/mol. The maximum Gasteiger partial charge on any atom is 0.407 e. The molecule has 6 aliphatic rings. The third-order valence-corrected chi connectivity index (χ3v) is 14.2. The molecule has 1 saturated heterocycles. The summed E-state index contributed by atoms with van der Waals surface area (Å²) in [5, 5.41) is 14.9. The van der Waals surface area contributed by atoms with Crippen molar-refractivity contribution in [2.75, 3.05) is 7.05 Å². The van der Waals surface area contributed by atoms with Crippen LogP contribution in [0.4, 0.5) is 9.59 Å². The van der Waals surface area contributed by atoms with E-state index in [4.69, 9.17) is 19.9 Å². The smallest absolute Gasteiger partial charge is 0.407 e. The fraction of sp³-hybridized carbons (Fsp3) is 0.938. The summed E-state index contributed by atoms with van der Waals surface area (Å²) >= 11 is 0. The molecule has 0 bridgehead atoms. The molecule has 2 spiro atoms. The highest BCUT2D eigenvalue weighted by molar-refractivity contribution is 5.67. The van der Waals surface area contributed by atoms with E-state index in [-0.39, 0.29) is 57.4 Å². The summed E-state index contributed by atoms with van der Waals surface area (Å²) in [6.07, 6.45) is 6.99. The maximum atomic E-state index is 12.3. The first-order valence-corrected chi connectivity index (χ1v) is 15.9. The standard InChI is InChI=1S/C32H52N2O6/c1-17(2)23(40-27(37)34-7)19-9-8-18-24(38-19)25(35)30(6)21-11-10-20-28(3,4)22(39-26(33)36)12-13-31(20)16-32(21,31)15-14-29(18,30)5/h17-25,35H,8-16H2,1-7H3,(H2,33,36)(H,34,37)/t18-,19?,20-,21?,22?,23?,24?,25-,29?,30+,31?,32?/m0/s1. The number of aliphatic hydroxyl groups is 1. The second-order valence-corrected chi connectivity index (χ2v) is 15.8. The van der Waals surface area contributed by atoms with Crippen molar-refractivity contribution < 1.29 is 28.9 Å². The quantitative estimate of drug-likeness (QED) is 0.424. The molecule has 0 aromatic heterocycles. The molecule has 8 heteroatoms. The van der Waals surface area contributed by atoms with E-state index in [0.717, 1.165) is 44.9 Å². The van der Waals surface area contributed by atoms with Gasteiger partial charge in [-0.15, -0.1) is 0 Å². The molecule has 12 atom stereocenters. The molecular weight excluding hydrogens is 508 g/mol. The van der Waals surface area contributed by atoms with Crippen LogP contribution >= 0.6 is 0 Å². The zero-order valence-corrected chi connectivity index (χ0v) is 25.6. The molecular formula is C32H52N2O6. The van der Waals surface area contributed by atoms with Gasteiger partial charge in [-0.05, 0) is 97.7 Å². The van der Waals surface area contributed by atoms with Gasteiger partial charge in [-0.3, -0.25) is 0 Å². The van der Waals surface area contributed by atoms with Crippen LogP contribution in [0.1, 0.15) is 99.3 Å². The van der Waals surface area contributed by atoms with Gasteiger partial charge in [-0.1, -0.05) is 41.5 Å². The van der Waals surface area contributed by atoms with E-state index in [1.54, 1.807) is 7.05 Å². The Balaban J connectivity index is 1.28. The fourth-order valence-electron chi connectivity index (χ4n) is 12.2. The third kappa shape index (κ3) is 3.44. The summed E-state index contributed by atoms with van der Waals surface area (Å²) in [5.74, 6) is 1.37. The Morgan fingerprint density at radius 3 is 2.30 bits per heavy atom. The minimum absolute atomic E-state index is 0.00532. The topological polar surface area (TPSA) is 120 Å². The highest BCUT2D eigenvalue weighted by Gasteiger charge is 2.84. The highest BCUT2D eigenvalue weighted by Crippen LogP contribution is 2.89. The number of aliphatic hydroxyl groups excluding tert-OH is 1. The van der Waals surface area contributed by atoms with Gasteiger partial charge in [0.1, 0.15) is 12.2 Å². The molecule has 0 aromatic carbocycles. The van der Waals surface area contributed by atoms with Crippen LogP contribution in [0, 0.1) is 50.7 Å². The second kappa shape index (κ2) is 8.98. The molecule has 226 valence electrons. The number of rotatable bonds is 4. The van der Waals surface area contributed by atoms with Crippen LogP contribution in [0.2, 0.25) is 0 Å². The summed E-state index contributed by atoms with van der Waals surface area (Å²) in [7, 11) is 1.58. The van der Waals surface area contributed by atoms with E-state index >= 15 is 0 Å². The van der Waals surface area contributed by atoms with Gasteiger partial charge >= 0.3 is 12.2 Å². The number of fused-ring (bicyclic) bond motifs is 4. The number of carbonyl (C=O) groups excluding carboxylic acids is 2. The van der Waals surface area contributed by atoms with Gasteiger partial charge in [0.25, 0.3) is 0 Å². The summed E-state index contributed by atoms with van der Waals surface area (Å²) in [5.41, 5.74) is 5.64. The summed E-state index contributed by atoms with van der Waals surface area (Å²) in [6.45, 7) is 13.5. The number of hydrogen-bond donors (Lipinski definition) is 3. The van der Waals surface area contributed by atoms with Gasteiger partial charge in [0.05, 0.1) is 18.3 Å². The van der Waals surface area contributed by atoms with E-state index in [9.17, 15) is 14.7 Å². The summed E-state index contributed by atoms with van der Waals surface area (Å²) in [4.78, 5) is 23.8. The number of ether oxygens (including phenoxy) is 3. The molecule has 4 N–H and O–H groups in total. The predicted molar refractivity (Wildman–Crippen MR) is 150 cm³/mol. The van der Waals surface area contributed by atoms with Crippen molar-refractivity contribution in [1.82, 2.24) is 5.32 Å². The average Bonchev–Trinajstić information content (AvgIpc) is 3.53. The maximum absolute atomic E-state index is 12.3. The van der Waals surface area contributed by atoms with Crippen LogP contribution < -0.4 is 11.1 Å². The zero-order chi connectivity index (χ0) is 29.0. The summed E-state index contributed by atoms with van der Waals surface area (Å²) < 4.78 is 18.3. The number of primary amides is 1. The first kappa shape index (κ1) is 28.6. The van der Waals surface area contributed by atoms with E-state index in [1.165, 1.54) is 12.8 Å². The number of nitrogens with two attached hydrogens (primary N) is 1. The molecule has 5 saturated carbocycles. The predicted octanol–water partition coefficient (Wildman–Crippen LogP) is 5.40. The SMILES string of the molecule is CNC(=O)OC(C(C)C)C1CC[C@H]2C(O1)[C@H](O)[C@@]1(C)C3CC[C@H]4C(C)(C)C(OC(N)=O)CCC45CC35CCC21C. The van der Waals surface area contributed by atoms with Crippen molar-refractivity contribution >= 4 is 12.2 Å². The molecule has 6 rings (SSSR count). The molecule has 0 radical (unpaired) electrons. The van der Waals surface area contributed by atoms with Gasteiger partial charge in [0.15, 0.2) is 0 Å². The van der Waals surface area contributed by atoms with Crippen molar-refractivity contribution in [2.45, 2.75) is 130 Å². The molecule has 0 aromatic rings. The van der Waals surface area contributed by atoms with E-state index in [0.29, 0.717) is 17.8 Å². The lowest BCUT2D eigenvalue weighted by Crippen LogP contribution is -2.60. The fourth-order valence-corrected chi connectivity index (χ4v) is 12.2. The first-order chi connectivity index (χ1) is 18.7. The monoisotopic (exact) mass is 560 g/mol. The first-order valence-electron chi connectivity index (χ1n) is 15.9. The molecule has 5 aliphatic carbocycles. The Morgan fingerprint density at radius 1 is 0.975 bits per heavy atom. The van der Waals surface area contributed by atoms with Gasteiger partial charge < -0.3 is 30.4 Å². The lowest BCUT2D eigenvalue weighted by atomic mass is 9.41. The Hall–Kier alpha value is -1.54. The van der Waals surface area contributed by atoms with Gasteiger partial charge in [-0.25, -0.2) is 9.59 Å². The lowest BCUT2D eigenvalue weighted by Gasteiger charge is -2.63. The Kier molecular flexibility index (Phi) is 6.42. The third-order valence-electron chi connectivity index (χ3n) is 14.2. The van der Waals surface area contributed by atoms with Crippen molar-refractivity contribution in [1.29, 1.82) is 0 Å². The molecule has 8 unspecified atom stereocenters. The Morgan fingerprint density at radius 2 is 1.65 bits per heavy atom. The Bertz CT molecular complexity index is 1060. The van der Waals surface area contributed by atoms with Gasteiger partial charge in [0.2, 0.25) is 0 Å². The molecule has 40 heavy (non-hydrogen) atoms. The van der Waals surface area contributed by atoms with Crippen LogP contribution in [0.3, 0.4) is 0 Å².